The van der Waals surface area contributed by atoms with Crippen molar-refractivity contribution in [2.75, 3.05) is 26.2 Å². The van der Waals surface area contributed by atoms with Crippen LogP contribution in [-0.4, -0.2) is 52.9 Å². The second-order valence-corrected chi connectivity index (χ2v) is 5.54. The predicted octanol–water partition coefficient (Wildman–Crippen LogP) is 1.03. The molecule has 1 aliphatic rings. The number of likely N-dealkylation sites (N-methyl/N-ethyl adjacent to an activating group) is 1. The number of benzene rings is 1. The van der Waals surface area contributed by atoms with E-state index < -0.39 is 6.10 Å². The Morgan fingerprint density at radius 1 is 1.10 bits per heavy atom. The fourth-order valence-electron chi connectivity index (χ4n) is 2.44. The Hall–Kier alpha value is -1.88. The minimum absolute atomic E-state index is 0.0502. The fourth-order valence-corrected chi connectivity index (χ4v) is 2.44. The monoisotopic (exact) mass is 290 g/mol. The maximum Gasteiger partial charge on any atom is 0.242 e. The van der Waals surface area contributed by atoms with Crippen molar-refractivity contribution < 1.29 is 14.7 Å². The van der Waals surface area contributed by atoms with Crippen molar-refractivity contribution in [2.45, 2.75) is 26.9 Å². The summed E-state index contributed by atoms with van der Waals surface area (Å²) in [5.41, 5.74) is 3.04. The molecule has 1 N–H and O–H groups in total. The molecule has 1 aliphatic heterocycles. The predicted molar refractivity (Wildman–Crippen MR) is 79.7 cm³/mol. The van der Waals surface area contributed by atoms with Crippen molar-refractivity contribution in [3.05, 3.63) is 34.9 Å². The van der Waals surface area contributed by atoms with E-state index in [0.717, 1.165) is 16.7 Å². The molecule has 0 aliphatic carbocycles. The Balaban J connectivity index is 2.05. The van der Waals surface area contributed by atoms with E-state index in [4.69, 9.17) is 0 Å². The SMILES string of the molecule is CCN1CC(=O)N(CC(O)c2ccc(C)c(C)c2)CC1=O. The number of β-amino-alcohol motifs (C(OH)–C–C–N with tert-alkyl or cyclic N) is 1. The van der Waals surface area contributed by atoms with Crippen molar-refractivity contribution in [1.82, 2.24) is 9.80 Å². The molecule has 5 heteroatoms. The number of rotatable bonds is 4. The van der Waals surface area contributed by atoms with Crippen molar-refractivity contribution in [3.63, 3.8) is 0 Å². The highest BCUT2D eigenvalue weighted by Gasteiger charge is 2.30. The van der Waals surface area contributed by atoms with Crippen molar-refractivity contribution in [3.8, 4) is 0 Å². The number of carbonyl (C=O) groups excluding carboxylic acids is 2. The van der Waals surface area contributed by atoms with Gasteiger partial charge in [0.25, 0.3) is 0 Å². The molecule has 1 atom stereocenters. The number of nitrogens with zero attached hydrogens (tertiary/aromatic N) is 2. The van der Waals surface area contributed by atoms with Crippen molar-refractivity contribution in [2.24, 2.45) is 0 Å². The standard InChI is InChI=1S/C16H22N2O3/c1-4-17-9-16(21)18(10-15(17)20)8-14(19)13-6-5-11(2)12(3)7-13/h5-7,14,19H,4,8-10H2,1-3H3. The molecule has 1 aromatic rings. The van der Waals surface area contributed by atoms with Gasteiger partial charge in [-0.05, 0) is 37.5 Å². The minimum atomic E-state index is -0.769. The smallest absolute Gasteiger partial charge is 0.242 e. The van der Waals surface area contributed by atoms with E-state index in [-0.39, 0.29) is 31.4 Å². The van der Waals surface area contributed by atoms with Crippen LogP contribution in [0.4, 0.5) is 0 Å². The number of hydrogen-bond donors (Lipinski definition) is 1. The second kappa shape index (κ2) is 6.26. The molecule has 5 nitrogen and oxygen atoms in total. The zero-order valence-corrected chi connectivity index (χ0v) is 12.8. The Bertz CT molecular complexity index is 556. The van der Waals surface area contributed by atoms with Crippen molar-refractivity contribution >= 4 is 11.8 Å². The first-order valence-electron chi connectivity index (χ1n) is 7.23. The van der Waals surface area contributed by atoms with Crippen LogP contribution in [0.25, 0.3) is 0 Å². The number of aryl methyl sites for hydroxylation is 2. The Morgan fingerprint density at radius 2 is 1.71 bits per heavy atom. The Labute approximate surface area is 125 Å². The molecule has 1 saturated heterocycles. The van der Waals surface area contributed by atoms with Crippen LogP contribution in [0.15, 0.2) is 18.2 Å². The van der Waals surface area contributed by atoms with Crippen LogP contribution in [0.1, 0.15) is 29.7 Å². The summed E-state index contributed by atoms with van der Waals surface area (Å²) in [5, 5.41) is 10.3. The highest BCUT2D eigenvalue weighted by molar-refractivity contribution is 5.92. The van der Waals surface area contributed by atoms with Gasteiger partial charge in [-0.25, -0.2) is 0 Å². The van der Waals surface area contributed by atoms with E-state index in [1.54, 1.807) is 0 Å². The first-order chi connectivity index (χ1) is 9.92. The highest BCUT2D eigenvalue weighted by atomic mass is 16.3. The summed E-state index contributed by atoms with van der Waals surface area (Å²) in [5.74, 6) is -0.177. The summed E-state index contributed by atoms with van der Waals surface area (Å²) in [6.45, 7) is 6.70. The van der Waals surface area contributed by atoms with Gasteiger partial charge >= 0.3 is 0 Å². The van der Waals surface area contributed by atoms with E-state index >= 15 is 0 Å². The summed E-state index contributed by atoms with van der Waals surface area (Å²) >= 11 is 0. The second-order valence-electron chi connectivity index (χ2n) is 5.54. The van der Waals surface area contributed by atoms with Gasteiger partial charge in [0, 0.05) is 6.54 Å². The lowest BCUT2D eigenvalue weighted by atomic mass is 10.0. The van der Waals surface area contributed by atoms with Crippen LogP contribution in [-0.2, 0) is 9.59 Å². The Morgan fingerprint density at radius 3 is 2.33 bits per heavy atom. The molecule has 0 aromatic heterocycles. The lowest BCUT2D eigenvalue weighted by Gasteiger charge is -2.34. The molecular formula is C16H22N2O3. The molecule has 1 fully saturated rings. The average molecular weight is 290 g/mol. The van der Waals surface area contributed by atoms with Crippen molar-refractivity contribution in [1.29, 1.82) is 0 Å². The zero-order chi connectivity index (χ0) is 15.6. The topological polar surface area (TPSA) is 60.9 Å². The average Bonchev–Trinajstić information content (AvgIpc) is 2.45. The molecule has 114 valence electrons. The van der Waals surface area contributed by atoms with Crippen LogP contribution in [0.2, 0.25) is 0 Å². The molecule has 21 heavy (non-hydrogen) atoms. The third-order valence-electron chi connectivity index (χ3n) is 4.05. The van der Waals surface area contributed by atoms with Crippen LogP contribution in [0.3, 0.4) is 0 Å². The van der Waals surface area contributed by atoms with E-state index in [1.165, 1.54) is 9.80 Å². The summed E-state index contributed by atoms with van der Waals surface area (Å²) in [6, 6.07) is 5.74. The van der Waals surface area contributed by atoms with E-state index in [0.29, 0.717) is 6.54 Å². The molecule has 0 bridgehead atoms. The number of amides is 2. The Kier molecular flexibility index (Phi) is 4.63. The minimum Gasteiger partial charge on any atom is -0.387 e. The molecule has 0 spiro atoms. The maximum atomic E-state index is 12.0. The van der Waals surface area contributed by atoms with Gasteiger partial charge in [0.05, 0.1) is 25.7 Å². The van der Waals surface area contributed by atoms with E-state index in [1.807, 2.05) is 39.0 Å². The zero-order valence-electron chi connectivity index (χ0n) is 12.8. The van der Waals surface area contributed by atoms with Gasteiger partial charge in [0.2, 0.25) is 11.8 Å². The molecule has 1 heterocycles. The first kappa shape index (κ1) is 15.5. The number of aliphatic hydroxyl groups is 1. The maximum absolute atomic E-state index is 12.0. The summed E-state index contributed by atoms with van der Waals surface area (Å²) in [7, 11) is 0. The van der Waals surface area contributed by atoms with Gasteiger partial charge in [-0.3, -0.25) is 9.59 Å². The lowest BCUT2D eigenvalue weighted by Crippen LogP contribution is -2.54. The summed E-state index contributed by atoms with van der Waals surface area (Å²) < 4.78 is 0. The van der Waals surface area contributed by atoms with Crippen LogP contribution in [0, 0.1) is 13.8 Å². The normalized spacial score (nSPS) is 17.3. The third kappa shape index (κ3) is 3.42. The molecular weight excluding hydrogens is 268 g/mol. The molecule has 0 saturated carbocycles. The molecule has 1 unspecified atom stereocenters. The molecule has 2 rings (SSSR count). The number of carbonyl (C=O) groups is 2. The molecule has 1 aromatic carbocycles. The summed E-state index contributed by atoms with van der Waals surface area (Å²) in [6.07, 6.45) is -0.769. The van der Waals surface area contributed by atoms with Crippen LogP contribution in [0.5, 0.6) is 0 Å². The number of hydrogen-bond acceptors (Lipinski definition) is 3. The van der Waals surface area contributed by atoms with Crippen LogP contribution < -0.4 is 0 Å². The molecule has 0 radical (unpaired) electrons. The van der Waals surface area contributed by atoms with Gasteiger partial charge < -0.3 is 14.9 Å². The molecule has 2 amide bonds. The fraction of sp³-hybridized carbons (Fsp3) is 0.500. The van der Waals surface area contributed by atoms with Crippen LogP contribution >= 0.6 is 0 Å². The summed E-state index contributed by atoms with van der Waals surface area (Å²) in [4.78, 5) is 26.8. The van der Waals surface area contributed by atoms with Gasteiger partial charge in [0.1, 0.15) is 0 Å². The third-order valence-corrected chi connectivity index (χ3v) is 4.05. The van der Waals surface area contributed by atoms with E-state index in [2.05, 4.69) is 0 Å². The lowest BCUT2D eigenvalue weighted by molar-refractivity contribution is -0.151. The highest BCUT2D eigenvalue weighted by Crippen LogP contribution is 2.19. The van der Waals surface area contributed by atoms with Gasteiger partial charge in [-0.1, -0.05) is 18.2 Å². The quantitative estimate of drug-likeness (QED) is 0.901. The van der Waals surface area contributed by atoms with Gasteiger partial charge in [0.15, 0.2) is 0 Å². The van der Waals surface area contributed by atoms with Gasteiger partial charge in [-0.2, -0.15) is 0 Å². The number of aliphatic hydroxyl groups excluding tert-OH is 1. The largest absolute Gasteiger partial charge is 0.387 e. The van der Waals surface area contributed by atoms with E-state index in [9.17, 15) is 14.7 Å². The van der Waals surface area contributed by atoms with Gasteiger partial charge in [-0.15, -0.1) is 0 Å². The first-order valence-corrected chi connectivity index (χ1v) is 7.23. The number of piperazine rings is 1.